The lowest BCUT2D eigenvalue weighted by Crippen LogP contribution is -2.20. The highest BCUT2D eigenvalue weighted by Crippen LogP contribution is 2.34. The second-order valence-electron chi connectivity index (χ2n) is 5.50. The Labute approximate surface area is 132 Å². The first kappa shape index (κ1) is 13.5. The van der Waals surface area contributed by atoms with Crippen LogP contribution in [0, 0.1) is 0 Å². The Kier molecular flexibility index (Phi) is 3.62. The molecule has 0 N–H and O–H groups in total. The van der Waals surface area contributed by atoms with Gasteiger partial charge in [0.15, 0.2) is 0 Å². The molecule has 0 saturated carbocycles. The Hall–Kier alpha value is -2.17. The zero-order chi connectivity index (χ0) is 14.8. The van der Waals surface area contributed by atoms with Crippen molar-refractivity contribution in [2.75, 3.05) is 0 Å². The molecule has 0 unspecified atom stereocenters. The Balaban J connectivity index is 1.86. The largest absolute Gasteiger partial charge is 0.0795 e. The molecule has 1 aliphatic rings. The number of allylic oxidation sites excluding steroid dienone is 1. The second-order valence-corrected chi connectivity index (χ2v) is 7.72. The van der Waals surface area contributed by atoms with Crippen molar-refractivity contribution in [3.63, 3.8) is 0 Å². The van der Waals surface area contributed by atoms with E-state index in [1.807, 2.05) is 0 Å². The van der Waals surface area contributed by atoms with Crippen molar-refractivity contribution in [3.05, 3.63) is 96.1 Å². The third kappa shape index (κ3) is 2.51. The average Bonchev–Trinajstić information content (AvgIpc) is 3.05. The summed E-state index contributed by atoms with van der Waals surface area (Å²) in [5.41, 5.74) is 2.83. The molecule has 0 radical (unpaired) electrons. The predicted octanol–water partition coefficient (Wildman–Crippen LogP) is 4.01. The molecule has 1 heteroatoms. The summed E-state index contributed by atoms with van der Waals surface area (Å²) in [6.07, 6.45) is 5.58. The molecule has 0 atom stereocenters. The molecule has 1 aliphatic carbocycles. The van der Waals surface area contributed by atoms with E-state index in [4.69, 9.17) is 0 Å². The molecule has 106 valence electrons. The van der Waals surface area contributed by atoms with E-state index in [2.05, 4.69) is 91.0 Å². The lowest BCUT2D eigenvalue weighted by atomic mass is 10.1. The first-order valence-corrected chi connectivity index (χ1v) is 8.96. The number of benzene rings is 3. The number of hydrogen-bond acceptors (Lipinski definition) is 0. The summed E-state index contributed by atoms with van der Waals surface area (Å²) < 4.78 is 0. The van der Waals surface area contributed by atoms with Gasteiger partial charge < -0.3 is 0 Å². The van der Waals surface area contributed by atoms with Gasteiger partial charge in [0.1, 0.15) is 0 Å². The fraction of sp³-hybridized carbons (Fsp3) is 0.0476. The molecular weight excluding hydrogens is 283 g/mol. The van der Waals surface area contributed by atoms with Gasteiger partial charge in [0, 0.05) is 0 Å². The van der Waals surface area contributed by atoms with Crippen molar-refractivity contribution < 1.29 is 0 Å². The van der Waals surface area contributed by atoms with Crippen LogP contribution in [0.1, 0.15) is 11.1 Å². The Morgan fingerprint density at radius 3 is 1.91 bits per heavy atom. The third-order valence-corrected chi connectivity index (χ3v) is 6.48. The molecule has 0 saturated heterocycles. The van der Waals surface area contributed by atoms with Crippen LogP contribution in [0.2, 0.25) is 0 Å². The van der Waals surface area contributed by atoms with Gasteiger partial charge in [-0.05, 0) is 47.4 Å². The Morgan fingerprint density at radius 1 is 0.636 bits per heavy atom. The summed E-state index contributed by atoms with van der Waals surface area (Å²) in [5, 5.41) is 4.24. The number of fused-ring (bicyclic) bond motifs is 1. The van der Waals surface area contributed by atoms with Crippen molar-refractivity contribution in [2.24, 2.45) is 0 Å². The van der Waals surface area contributed by atoms with Crippen molar-refractivity contribution in [1.82, 2.24) is 0 Å². The van der Waals surface area contributed by atoms with Crippen LogP contribution < -0.4 is 15.9 Å². The van der Waals surface area contributed by atoms with Gasteiger partial charge in [-0.3, -0.25) is 0 Å². The number of hydrogen-bond donors (Lipinski definition) is 0. The summed E-state index contributed by atoms with van der Waals surface area (Å²) in [5.74, 6) is 0. The van der Waals surface area contributed by atoms with Crippen molar-refractivity contribution in [3.8, 4) is 0 Å². The maximum atomic E-state index is 2.38. The smallest absolute Gasteiger partial charge is 0.00882 e. The van der Waals surface area contributed by atoms with E-state index in [-0.39, 0.29) is 0 Å². The molecule has 0 aliphatic heterocycles. The van der Waals surface area contributed by atoms with Crippen LogP contribution in [0.5, 0.6) is 0 Å². The van der Waals surface area contributed by atoms with Crippen LogP contribution in [0.15, 0.2) is 84.9 Å². The lowest BCUT2D eigenvalue weighted by Gasteiger charge is -2.20. The summed E-state index contributed by atoms with van der Waals surface area (Å²) in [6.45, 7) is 0. The summed E-state index contributed by atoms with van der Waals surface area (Å²) in [4.78, 5) is 0. The Bertz CT molecular complexity index is 764. The van der Waals surface area contributed by atoms with E-state index in [0.29, 0.717) is 0 Å². The van der Waals surface area contributed by atoms with Gasteiger partial charge in [0.2, 0.25) is 0 Å². The van der Waals surface area contributed by atoms with Crippen LogP contribution in [0.4, 0.5) is 0 Å². The SMILES string of the molecule is C1=Cc2cc(P(c3ccccc3)c3ccccc3)ccc2C1. The monoisotopic (exact) mass is 300 g/mol. The first-order valence-electron chi connectivity index (χ1n) is 7.61. The van der Waals surface area contributed by atoms with E-state index in [1.165, 1.54) is 27.0 Å². The normalized spacial score (nSPS) is 12.6. The van der Waals surface area contributed by atoms with Crippen LogP contribution in [-0.4, -0.2) is 0 Å². The highest BCUT2D eigenvalue weighted by atomic mass is 31.1. The van der Waals surface area contributed by atoms with E-state index in [9.17, 15) is 0 Å². The van der Waals surface area contributed by atoms with Crippen LogP contribution in [0.25, 0.3) is 6.08 Å². The molecule has 3 aromatic rings. The van der Waals surface area contributed by atoms with Crippen LogP contribution >= 0.6 is 7.92 Å². The number of rotatable bonds is 3. The molecule has 0 spiro atoms. The molecule has 22 heavy (non-hydrogen) atoms. The fourth-order valence-corrected chi connectivity index (χ4v) is 5.30. The Morgan fingerprint density at radius 2 is 1.27 bits per heavy atom. The minimum absolute atomic E-state index is 0.486. The average molecular weight is 300 g/mol. The fourth-order valence-electron chi connectivity index (χ4n) is 2.98. The summed E-state index contributed by atoms with van der Waals surface area (Å²) in [6, 6.07) is 28.7. The molecule has 0 fully saturated rings. The minimum Gasteiger partial charge on any atom is -0.0795 e. The van der Waals surface area contributed by atoms with Gasteiger partial charge in [-0.1, -0.05) is 84.9 Å². The zero-order valence-corrected chi connectivity index (χ0v) is 13.2. The van der Waals surface area contributed by atoms with Gasteiger partial charge in [0.25, 0.3) is 0 Å². The highest BCUT2D eigenvalue weighted by Gasteiger charge is 2.17. The molecule has 0 aromatic heterocycles. The summed E-state index contributed by atoms with van der Waals surface area (Å²) in [7, 11) is -0.486. The molecule has 0 bridgehead atoms. The lowest BCUT2D eigenvalue weighted by molar-refractivity contribution is 1.32. The van der Waals surface area contributed by atoms with E-state index in [0.717, 1.165) is 6.42 Å². The molecular formula is C21H17P. The zero-order valence-electron chi connectivity index (χ0n) is 12.3. The van der Waals surface area contributed by atoms with Gasteiger partial charge in [-0.25, -0.2) is 0 Å². The van der Waals surface area contributed by atoms with Crippen LogP contribution in [0.3, 0.4) is 0 Å². The molecule has 3 aromatic carbocycles. The van der Waals surface area contributed by atoms with Gasteiger partial charge in [-0.15, -0.1) is 0 Å². The molecule has 4 rings (SSSR count). The molecule has 0 amide bonds. The van der Waals surface area contributed by atoms with E-state index >= 15 is 0 Å². The van der Waals surface area contributed by atoms with Crippen LogP contribution in [-0.2, 0) is 6.42 Å². The van der Waals surface area contributed by atoms with Gasteiger partial charge >= 0.3 is 0 Å². The van der Waals surface area contributed by atoms with E-state index in [1.54, 1.807) is 0 Å². The first-order chi connectivity index (χ1) is 10.9. The topological polar surface area (TPSA) is 0 Å². The second kappa shape index (κ2) is 5.91. The van der Waals surface area contributed by atoms with E-state index < -0.39 is 7.92 Å². The van der Waals surface area contributed by atoms with Crippen molar-refractivity contribution in [2.45, 2.75) is 6.42 Å². The maximum absolute atomic E-state index is 2.38. The quantitative estimate of drug-likeness (QED) is 0.641. The van der Waals surface area contributed by atoms with Gasteiger partial charge in [-0.2, -0.15) is 0 Å². The van der Waals surface area contributed by atoms with Crippen molar-refractivity contribution >= 4 is 29.9 Å². The predicted molar refractivity (Wildman–Crippen MR) is 97.9 cm³/mol. The minimum atomic E-state index is -0.486. The standard InChI is InChI=1S/C21H17P/c1-3-10-19(11-4-1)22(20-12-5-2-6-13-20)21-15-14-17-8-7-9-18(17)16-21/h1-7,9-16H,8H2. The summed E-state index contributed by atoms with van der Waals surface area (Å²) >= 11 is 0. The molecule has 0 nitrogen and oxygen atoms in total. The highest BCUT2D eigenvalue weighted by molar-refractivity contribution is 7.79. The molecule has 0 heterocycles. The van der Waals surface area contributed by atoms with Crippen molar-refractivity contribution in [1.29, 1.82) is 0 Å². The third-order valence-electron chi connectivity index (χ3n) is 4.05. The maximum Gasteiger partial charge on any atom is -0.00882 e. The van der Waals surface area contributed by atoms with Gasteiger partial charge in [0.05, 0.1) is 0 Å².